The number of hydrogen-bond acceptors (Lipinski definition) is 5. The first-order chi connectivity index (χ1) is 14.0. The van der Waals surface area contributed by atoms with Crippen LogP contribution in [0.15, 0.2) is 60.9 Å². The summed E-state index contributed by atoms with van der Waals surface area (Å²) in [5.41, 5.74) is 1.64. The molecule has 1 aromatic heterocycles. The van der Waals surface area contributed by atoms with Gasteiger partial charge in [-0.3, -0.25) is 4.79 Å². The third-order valence-corrected chi connectivity index (χ3v) is 3.93. The lowest BCUT2D eigenvalue weighted by molar-refractivity contribution is -0.286. The molecule has 0 saturated heterocycles. The third kappa shape index (κ3) is 4.47. The molecule has 0 spiro atoms. The van der Waals surface area contributed by atoms with Crippen molar-refractivity contribution in [1.29, 1.82) is 0 Å². The highest BCUT2D eigenvalue weighted by Crippen LogP contribution is 2.41. The fourth-order valence-corrected chi connectivity index (χ4v) is 2.62. The Morgan fingerprint density at radius 3 is 2.62 bits per heavy atom. The number of fused-ring (bicyclic) bond motifs is 1. The van der Waals surface area contributed by atoms with Gasteiger partial charge in [0.25, 0.3) is 5.91 Å². The summed E-state index contributed by atoms with van der Waals surface area (Å²) < 4.78 is 34.9. The lowest BCUT2D eigenvalue weighted by atomic mass is 10.1. The van der Waals surface area contributed by atoms with E-state index in [0.29, 0.717) is 22.5 Å². The van der Waals surface area contributed by atoms with Crippen LogP contribution in [-0.2, 0) is 6.54 Å². The Kier molecular flexibility index (Phi) is 4.79. The van der Waals surface area contributed by atoms with E-state index in [0.717, 1.165) is 0 Å². The molecule has 3 aromatic rings. The van der Waals surface area contributed by atoms with Crippen LogP contribution in [-0.4, -0.2) is 22.2 Å². The second-order valence-corrected chi connectivity index (χ2v) is 6.03. The molecule has 6 nitrogen and oxygen atoms in total. The Hall–Kier alpha value is -3.99. The summed E-state index contributed by atoms with van der Waals surface area (Å²) in [6, 6.07) is 12.8. The van der Waals surface area contributed by atoms with Crippen LogP contribution in [0.4, 0.5) is 8.78 Å². The number of alkyl halides is 2. The molecule has 0 fully saturated rings. The molecule has 0 saturated carbocycles. The number of rotatable bonds is 3. The van der Waals surface area contributed by atoms with E-state index in [1.54, 1.807) is 48.8 Å². The van der Waals surface area contributed by atoms with Crippen molar-refractivity contribution in [3.05, 3.63) is 83.4 Å². The highest BCUT2D eigenvalue weighted by Gasteiger charge is 2.43. The Bertz CT molecular complexity index is 1120. The van der Waals surface area contributed by atoms with Gasteiger partial charge in [0, 0.05) is 30.1 Å². The van der Waals surface area contributed by atoms with Crippen LogP contribution in [0.25, 0.3) is 0 Å². The number of ether oxygens (including phenoxy) is 2. The van der Waals surface area contributed by atoms with Crippen molar-refractivity contribution in [2.45, 2.75) is 12.8 Å². The summed E-state index contributed by atoms with van der Waals surface area (Å²) >= 11 is 0. The van der Waals surface area contributed by atoms with Gasteiger partial charge in [-0.15, -0.1) is 8.78 Å². The summed E-state index contributed by atoms with van der Waals surface area (Å²) in [6.07, 6.45) is -0.479. The minimum atomic E-state index is -3.67. The monoisotopic (exact) mass is 393 g/mol. The Labute approximate surface area is 164 Å². The van der Waals surface area contributed by atoms with Gasteiger partial charge in [-0.05, 0) is 47.9 Å². The van der Waals surface area contributed by atoms with E-state index in [1.165, 1.54) is 12.1 Å². The van der Waals surface area contributed by atoms with E-state index in [2.05, 4.69) is 36.6 Å². The van der Waals surface area contributed by atoms with Crippen LogP contribution >= 0.6 is 0 Å². The third-order valence-electron chi connectivity index (χ3n) is 3.93. The lowest BCUT2D eigenvalue weighted by Crippen LogP contribution is -2.26. The molecule has 2 heterocycles. The number of amides is 1. The number of nitrogens with zero attached hydrogens (tertiary/aromatic N) is 2. The topological polar surface area (TPSA) is 73.3 Å². The van der Waals surface area contributed by atoms with Gasteiger partial charge in [0.15, 0.2) is 11.5 Å². The largest absolute Gasteiger partial charge is 0.586 e. The van der Waals surface area contributed by atoms with E-state index in [4.69, 9.17) is 0 Å². The van der Waals surface area contributed by atoms with E-state index in [1.807, 2.05) is 0 Å². The lowest BCUT2D eigenvalue weighted by Gasteiger charge is -2.06. The first-order valence-corrected chi connectivity index (χ1v) is 8.55. The average molecular weight is 393 g/mol. The van der Waals surface area contributed by atoms with Crippen LogP contribution < -0.4 is 14.8 Å². The number of halogens is 2. The predicted molar refractivity (Wildman–Crippen MR) is 98.3 cm³/mol. The van der Waals surface area contributed by atoms with E-state index >= 15 is 0 Å². The molecular weight excluding hydrogens is 380 g/mol. The molecule has 8 heteroatoms. The molecule has 1 N–H and O–H groups in total. The van der Waals surface area contributed by atoms with Gasteiger partial charge in [0.1, 0.15) is 0 Å². The van der Waals surface area contributed by atoms with Gasteiger partial charge in [-0.25, -0.2) is 9.97 Å². The molecule has 2 aromatic carbocycles. The van der Waals surface area contributed by atoms with Crippen LogP contribution in [0.1, 0.15) is 27.3 Å². The maximum atomic E-state index is 13.1. The second kappa shape index (κ2) is 7.56. The van der Waals surface area contributed by atoms with Crippen LogP contribution in [0, 0.1) is 11.8 Å². The van der Waals surface area contributed by atoms with Crippen molar-refractivity contribution in [2.75, 3.05) is 0 Å². The summed E-state index contributed by atoms with van der Waals surface area (Å²) in [5, 5.41) is 2.73. The molecule has 1 aliphatic heterocycles. The van der Waals surface area contributed by atoms with Crippen LogP contribution in [0.2, 0.25) is 0 Å². The molecule has 0 aliphatic carbocycles. The van der Waals surface area contributed by atoms with Crippen molar-refractivity contribution in [3.8, 4) is 23.3 Å². The summed E-state index contributed by atoms with van der Waals surface area (Å²) in [6.45, 7) is 0.134. The molecule has 29 heavy (non-hydrogen) atoms. The molecule has 144 valence electrons. The standard InChI is InChI=1S/C21H13F2N3O3/c22-21(23)28-17-7-5-15(12-18(17)29-21)13-26-20(27)16-4-1-3-14(11-16)6-8-19-24-9-2-10-25-19/h1-5,7,9-12H,13H2,(H,26,27). The first kappa shape index (κ1) is 18.4. The summed E-state index contributed by atoms with van der Waals surface area (Å²) in [5.74, 6) is 5.68. The van der Waals surface area contributed by atoms with Gasteiger partial charge < -0.3 is 14.8 Å². The SMILES string of the molecule is O=C(NCc1ccc2c(c1)OC(F)(F)O2)c1cccc(C#Cc2ncccn2)c1. The molecule has 1 aliphatic rings. The first-order valence-electron chi connectivity index (χ1n) is 8.55. The summed E-state index contributed by atoms with van der Waals surface area (Å²) in [4.78, 5) is 20.5. The Morgan fingerprint density at radius 2 is 1.79 bits per heavy atom. The zero-order chi connectivity index (χ0) is 20.3. The van der Waals surface area contributed by atoms with E-state index in [9.17, 15) is 13.6 Å². The van der Waals surface area contributed by atoms with Crippen molar-refractivity contribution < 1.29 is 23.0 Å². The van der Waals surface area contributed by atoms with E-state index < -0.39 is 6.29 Å². The highest BCUT2D eigenvalue weighted by molar-refractivity contribution is 5.94. The second-order valence-electron chi connectivity index (χ2n) is 6.03. The van der Waals surface area contributed by atoms with Gasteiger partial charge in [0.05, 0.1) is 0 Å². The number of carbonyl (C=O) groups is 1. The number of carbonyl (C=O) groups excluding carboxylic acids is 1. The number of benzene rings is 2. The van der Waals surface area contributed by atoms with Crippen molar-refractivity contribution in [3.63, 3.8) is 0 Å². The minimum absolute atomic E-state index is 0.0428. The van der Waals surface area contributed by atoms with Gasteiger partial charge >= 0.3 is 6.29 Å². The van der Waals surface area contributed by atoms with Gasteiger partial charge in [-0.2, -0.15) is 0 Å². The fraction of sp³-hybridized carbons (Fsp3) is 0.0952. The number of nitrogens with one attached hydrogen (secondary N) is 1. The Morgan fingerprint density at radius 1 is 1.00 bits per heavy atom. The molecule has 0 radical (unpaired) electrons. The molecule has 0 atom stereocenters. The smallest absolute Gasteiger partial charge is 0.395 e. The van der Waals surface area contributed by atoms with Crippen LogP contribution in [0.5, 0.6) is 11.5 Å². The van der Waals surface area contributed by atoms with Gasteiger partial charge in [-0.1, -0.05) is 18.1 Å². The Balaban J connectivity index is 1.42. The molecule has 1 amide bonds. The molecular formula is C21H13F2N3O3. The van der Waals surface area contributed by atoms with E-state index in [-0.39, 0.29) is 24.0 Å². The number of hydrogen-bond donors (Lipinski definition) is 1. The maximum Gasteiger partial charge on any atom is 0.586 e. The fourth-order valence-electron chi connectivity index (χ4n) is 2.62. The average Bonchev–Trinajstić information content (AvgIpc) is 3.04. The predicted octanol–water partition coefficient (Wildman–Crippen LogP) is 3.13. The van der Waals surface area contributed by atoms with Crippen molar-refractivity contribution in [2.24, 2.45) is 0 Å². The highest BCUT2D eigenvalue weighted by atomic mass is 19.3. The van der Waals surface area contributed by atoms with Gasteiger partial charge in [0.2, 0.25) is 5.82 Å². The van der Waals surface area contributed by atoms with Crippen molar-refractivity contribution in [1.82, 2.24) is 15.3 Å². The zero-order valence-electron chi connectivity index (χ0n) is 14.9. The zero-order valence-corrected chi connectivity index (χ0v) is 14.9. The minimum Gasteiger partial charge on any atom is -0.395 e. The normalized spacial score (nSPS) is 13.3. The number of aromatic nitrogens is 2. The maximum absolute atomic E-state index is 13.1. The van der Waals surface area contributed by atoms with Crippen molar-refractivity contribution >= 4 is 5.91 Å². The molecule has 4 rings (SSSR count). The molecule has 0 unspecified atom stereocenters. The summed E-state index contributed by atoms with van der Waals surface area (Å²) in [7, 11) is 0. The van der Waals surface area contributed by atoms with Crippen LogP contribution in [0.3, 0.4) is 0 Å². The molecule has 0 bridgehead atoms. The quantitative estimate of drug-likeness (QED) is 0.693.